The molecule has 1 aliphatic rings. The first kappa shape index (κ1) is 12.5. The van der Waals surface area contributed by atoms with Crippen molar-refractivity contribution in [2.75, 3.05) is 6.54 Å². The molecular formula is C15H17N3S. The molecule has 0 fully saturated rings. The molecule has 98 valence electrons. The Balaban J connectivity index is 1.94. The molecule has 3 nitrogen and oxygen atoms in total. The van der Waals surface area contributed by atoms with Gasteiger partial charge in [-0.2, -0.15) is 0 Å². The monoisotopic (exact) mass is 271 g/mol. The standard InChI is InChI=1S/C15H17N3S/c1-10-3-2-4-11(7-10)8-14-17-13-5-6-16-9-12(13)15(19)18-14/h2-4,7,16H,5-6,8-9H2,1H3,(H,17,18,19). The molecule has 0 saturated carbocycles. The van der Waals surface area contributed by atoms with Crippen molar-refractivity contribution < 1.29 is 0 Å². The van der Waals surface area contributed by atoms with E-state index in [2.05, 4.69) is 46.5 Å². The van der Waals surface area contributed by atoms with Gasteiger partial charge in [0.05, 0.1) is 0 Å². The van der Waals surface area contributed by atoms with Crippen molar-refractivity contribution in [2.45, 2.75) is 26.3 Å². The fourth-order valence-corrected chi connectivity index (χ4v) is 2.82. The van der Waals surface area contributed by atoms with E-state index in [-0.39, 0.29) is 0 Å². The van der Waals surface area contributed by atoms with Gasteiger partial charge in [-0.1, -0.05) is 42.0 Å². The lowest BCUT2D eigenvalue weighted by Crippen LogP contribution is -2.26. The minimum atomic E-state index is 0.739. The Bertz CT molecular complexity index is 661. The third-order valence-corrected chi connectivity index (χ3v) is 3.80. The summed E-state index contributed by atoms with van der Waals surface area (Å²) < 4.78 is 0.739. The second-order valence-corrected chi connectivity index (χ2v) is 5.43. The van der Waals surface area contributed by atoms with E-state index in [1.54, 1.807) is 0 Å². The number of aromatic amines is 1. The topological polar surface area (TPSA) is 40.7 Å². The quantitative estimate of drug-likeness (QED) is 0.825. The SMILES string of the molecule is Cc1cccc(Cc2nc(=S)c3c([nH]2)CCNC3)c1. The average molecular weight is 271 g/mol. The molecule has 0 spiro atoms. The number of benzene rings is 1. The lowest BCUT2D eigenvalue weighted by atomic mass is 10.1. The van der Waals surface area contributed by atoms with E-state index in [1.807, 2.05) is 0 Å². The number of fused-ring (bicyclic) bond motifs is 1. The van der Waals surface area contributed by atoms with E-state index in [0.717, 1.165) is 42.0 Å². The maximum atomic E-state index is 5.40. The van der Waals surface area contributed by atoms with Crippen LogP contribution in [0.1, 0.15) is 28.2 Å². The van der Waals surface area contributed by atoms with E-state index in [9.17, 15) is 0 Å². The third-order valence-electron chi connectivity index (χ3n) is 3.46. The highest BCUT2D eigenvalue weighted by molar-refractivity contribution is 7.71. The van der Waals surface area contributed by atoms with E-state index in [1.165, 1.54) is 16.8 Å². The van der Waals surface area contributed by atoms with Crippen LogP contribution in [0.5, 0.6) is 0 Å². The first-order valence-electron chi connectivity index (χ1n) is 6.59. The molecule has 0 atom stereocenters. The molecule has 2 N–H and O–H groups in total. The summed E-state index contributed by atoms with van der Waals surface area (Å²) in [6, 6.07) is 8.52. The maximum absolute atomic E-state index is 5.40. The molecule has 1 aromatic heterocycles. The van der Waals surface area contributed by atoms with Gasteiger partial charge in [0.25, 0.3) is 0 Å². The van der Waals surface area contributed by atoms with Crippen LogP contribution in [0, 0.1) is 11.6 Å². The molecule has 0 amide bonds. The number of aryl methyl sites for hydroxylation is 1. The van der Waals surface area contributed by atoms with Crippen molar-refractivity contribution in [3.8, 4) is 0 Å². The fraction of sp³-hybridized carbons (Fsp3) is 0.333. The summed E-state index contributed by atoms with van der Waals surface area (Å²) >= 11 is 5.40. The molecule has 0 saturated heterocycles. The molecule has 0 bridgehead atoms. The Labute approximate surface area is 118 Å². The summed E-state index contributed by atoms with van der Waals surface area (Å²) in [5, 5.41) is 3.33. The van der Waals surface area contributed by atoms with Crippen LogP contribution < -0.4 is 5.32 Å². The molecule has 0 unspecified atom stereocenters. The maximum Gasteiger partial charge on any atom is 0.134 e. The van der Waals surface area contributed by atoms with Gasteiger partial charge in [-0.15, -0.1) is 0 Å². The molecule has 1 aliphatic heterocycles. The zero-order valence-electron chi connectivity index (χ0n) is 11.0. The third kappa shape index (κ3) is 2.74. The summed E-state index contributed by atoms with van der Waals surface area (Å²) in [5.74, 6) is 0.969. The summed E-state index contributed by atoms with van der Waals surface area (Å²) in [6.45, 7) is 3.95. The number of hydrogen-bond donors (Lipinski definition) is 2. The summed E-state index contributed by atoms with van der Waals surface area (Å²) in [7, 11) is 0. The number of rotatable bonds is 2. The van der Waals surface area contributed by atoms with Crippen molar-refractivity contribution >= 4 is 12.2 Å². The smallest absolute Gasteiger partial charge is 0.134 e. The molecule has 3 rings (SSSR count). The Hall–Kier alpha value is -1.52. The van der Waals surface area contributed by atoms with Gasteiger partial charge in [0.15, 0.2) is 0 Å². The zero-order valence-corrected chi connectivity index (χ0v) is 11.8. The number of hydrogen-bond acceptors (Lipinski definition) is 3. The lowest BCUT2D eigenvalue weighted by Gasteiger charge is -2.17. The Kier molecular flexibility index (Phi) is 3.44. The average Bonchev–Trinajstić information content (AvgIpc) is 2.39. The Morgan fingerprint density at radius 1 is 1.37 bits per heavy atom. The van der Waals surface area contributed by atoms with Crippen LogP contribution >= 0.6 is 12.2 Å². The van der Waals surface area contributed by atoms with E-state index in [0.29, 0.717) is 0 Å². The van der Waals surface area contributed by atoms with E-state index < -0.39 is 0 Å². The minimum Gasteiger partial charge on any atom is -0.346 e. The lowest BCUT2D eigenvalue weighted by molar-refractivity contribution is 0.619. The summed E-state index contributed by atoms with van der Waals surface area (Å²) in [4.78, 5) is 7.99. The van der Waals surface area contributed by atoms with Crippen molar-refractivity contribution in [3.63, 3.8) is 0 Å². The Morgan fingerprint density at radius 2 is 2.26 bits per heavy atom. The van der Waals surface area contributed by atoms with E-state index in [4.69, 9.17) is 12.2 Å². The molecule has 0 aliphatic carbocycles. The highest BCUT2D eigenvalue weighted by Gasteiger charge is 2.12. The number of aromatic nitrogens is 2. The molecule has 4 heteroatoms. The van der Waals surface area contributed by atoms with Gasteiger partial charge >= 0.3 is 0 Å². The normalized spacial score (nSPS) is 14.2. The van der Waals surface area contributed by atoms with Gasteiger partial charge in [-0.05, 0) is 12.5 Å². The van der Waals surface area contributed by atoms with Crippen molar-refractivity contribution in [1.29, 1.82) is 0 Å². The fourth-order valence-electron chi connectivity index (χ4n) is 2.52. The molecule has 2 heterocycles. The predicted octanol–water partition coefficient (Wildman–Crippen LogP) is 2.68. The van der Waals surface area contributed by atoms with Crippen LogP contribution in [0.15, 0.2) is 24.3 Å². The molecule has 19 heavy (non-hydrogen) atoms. The van der Waals surface area contributed by atoms with Gasteiger partial charge in [0.2, 0.25) is 0 Å². The molecule has 2 aromatic rings. The van der Waals surface area contributed by atoms with Crippen molar-refractivity contribution in [2.24, 2.45) is 0 Å². The first-order chi connectivity index (χ1) is 9.22. The minimum absolute atomic E-state index is 0.739. The molecule has 0 radical (unpaired) electrons. The highest BCUT2D eigenvalue weighted by Crippen LogP contribution is 2.14. The molecular weight excluding hydrogens is 254 g/mol. The zero-order chi connectivity index (χ0) is 13.2. The van der Waals surface area contributed by atoms with Crippen LogP contribution in [-0.2, 0) is 19.4 Å². The van der Waals surface area contributed by atoms with E-state index >= 15 is 0 Å². The number of nitrogens with one attached hydrogen (secondary N) is 2. The van der Waals surface area contributed by atoms with Crippen LogP contribution in [0.2, 0.25) is 0 Å². The van der Waals surface area contributed by atoms with Crippen LogP contribution in [0.25, 0.3) is 0 Å². The Morgan fingerprint density at radius 3 is 3.11 bits per heavy atom. The number of nitrogens with zero attached hydrogens (tertiary/aromatic N) is 1. The van der Waals surface area contributed by atoms with Gasteiger partial charge < -0.3 is 10.3 Å². The first-order valence-corrected chi connectivity index (χ1v) is 7.00. The van der Waals surface area contributed by atoms with Crippen LogP contribution in [0.4, 0.5) is 0 Å². The summed E-state index contributed by atoms with van der Waals surface area (Å²) in [5.41, 5.74) is 4.96. The van der Waals surface area contributed by atoms with Gasteiger partial charge in [-0.3, -0.25) is 0 Å². The van der Waals surface area contributed by atoms with Crippen molar-refractivity contribution in [1.82, 2.24) is 15.3 Å². The molecule has 1 aromatic carbocycles. The second kappa shape index (κ2) is 5.23. The highest BCUT2D eigenvalue weighted by atomic mass is 32.1. The summed E-state index contributed by atoms with van der Waals surface area (Å²) in [6.07, 6.45) is 1.81. The van der Waals surface area contributed by atoms with Gasteiger partial charge in [-0.25, -0.2) is 4.98 Å². The predicted molar refractivity (Wildman–Crippen MR) is 78.8 cm³/mol. The van der Waals surface area contributed by atoms with Crippen LogP contribution in [-0.4, -0.2) is 16.5 Å². The van der Waals surface area contributed by atoms with Crippen molar-refractivity contribution in [3.05, 3.63) is 57.1 Å². The second-order valence-electron chi connectivity index (χ2n) is 5.04. The largest absolute Gasteiger partial charge is 0.346 e. The number of H-pyrrole nitrogens is 1. The van der Waals surface area contributed by atoms with Gasteiger partial charge in [0.1, 0.15) is 10.5 Å². The van der Waals surface area contributed by atoms with Crippen LogP contribution in [0.3, 0.4) is 0 Å². The van der Waals surface area contributed by atoms with Gasteiger partial charge in [0, 0.05) is 37.2 Å².